The number of fused-ring (bicyclic) bond motifs is 1. The van der Waals surface area contributed by atoms with Crippen LogP contribution in [0.5, 0.6) is 0 Å². The first-order valence-corrected chi connectivity index (χ1v) is 7.77. The average molecular weight is 353 g/mol. The summed E-state index contributed by atoms with van der Waals surface area (Å²) >= 11 is 0. The van der Waals surface area contributed by atoms with E-state index in [1.807, 2.05) is 13.0 Å². The van der Waals surface area contributed by atoms with E-state index in [2.05, 4.69) is 4.98 Å². The Balaban J connectivity index is 1.86. The predicted octanol–water partition coefficient (Wildman–Crippen LogP) is 2.58. The molecule has 2 aromatic heterocycles. The molecule has 0 aliphatic heterocycles. The van der Waals surface area contributed by atoms with Gasteiger partial charge in [0.1, 0.15) is 12.3 Å². The largest absolute Gasteiger partial charge is 0.456 e. The number of esters is 1. The van der Waals surface area contributed by atoms with Crippen LogP contribution in [-0.4, -0.2) is 20.3 Å². The van der Waals surface area contributed by atoms with Gasteiger partial charge in [0, 0.05) is 23.9 Å². The molecule has 0 saturated carbocycles. The van der Waals surface area contributed by atoms with Crippen molar-refractivity contribution in [1.82, 2.24) is 9.38 Å². The Hall–Kier alpha value is -3.55. The van der Waals surface area contributed by atoms with Crippen LogP contribution < -0.4 is 5.56 Å². The number of aromatic nitrogens is 2. The van der Waals surface area contributed by atoms with E-state index in [4.69, 9.17) is 4.74 Å². The Labute approximate surface area is 147 Å². The summed E-state index contributed by atoms with van der Waals surface area (Å²) in [5.74, 6) is -0.710. The molecule has 0 aliphatic rings. The van der Waals surface area contributed by atoms with Crippen LogP contribution >= 0.6 is 0 Å². The molecular weight excluding hydrogens is 338 g/mol. The molecule has 0 spiro atoms. The average Bonchev–Trinajstić information content (AvgIpc) is 2.60. The highest BCUT2D eigenvalue weighted by Crippen LogP contribution is 2.22. The summed E-state index contributed by atoms with van der Waals surface area (Å²) in [7, 11) is 0. The monoisotopic (exact) mass is 353 g/mol. The predicted molar refractivity (Wildman–Crippen MR) is 93.2 cm³/mol. The molecule has 8 heteroatoms. The van der Waals surface area contributed by atoms with E-state index < -0.39 is 10.9 Å². The van der Waals surface area contributed by atoms with Gasteiger partial charge >= 0.3 is 5.97 Å². The maximum Gasteiger partial charge on any atom is 0.339 e. The number of rotatable bonds is 4. The third-order valence-electron chi connectivity index (χ3n) is 4.01. The van der Waals surface area contributed by atoms with Gasteiger partial charge in [0.15, 0.2) is 0 Å². The van der Waals surface area contributed by atoms with E-state index in [-0.39, 0.29) is 29.0 Å². The molecule has 0 unspecified atom stereocenters. The van der Waals surface area contributed by atoms with Crippen molar-refractivity contribution < 1.29 is 14.5 Å². The molecular formula is C18H15N3O5. The van der Waals surface area contributed by atoms with Crippen molar-refractivity contribution >= 4 is 17.3 Å². The van der Waals surface area contributed by atoms with Crippen LogP contribution in [0.3, 0.4) is 0 Å². The number of hydrogen-bond acceptors (Lipinski definition) is 6. The third-order valence-corrected chi connectivity index (χ3v) is 4.01. The lowest BCUT2D eigenvalue weighted by molar-refractivity contribution is -0.385. The van der Waals surface area contributed by atoms with Gasteiger partial charge in [-0.2, -0.15) is 0 Å². The SMILES string of the molecule is Cc1c(C(=O)OCc2cc(=O)n3cccc(C)c3n2)cccc1[N+](=O)[O-]. The number of nitro benzene ring substituents is 1. The molecule has 3 rings (SSSR count). The maximum absolute atomic E-state index is 12.3. The summed E-state index contributed by atoms with van der Waals surface area (Å²) in [6, 6.07) is 9.06. The van der Waals surface area contributed by atoms with Gasteiger partial charge in [-0.1, -0.05) is 12.1 Å². The lowest BCUT2D eigenvalue weighted by Gasteiger charge is -2.08. The molecule has 0 radical (unpaired) electrons. The molecule has 1 aromatic carbocycles. The smallest absolute Gasteiger partial charge is 0.339 e. The Morgan fingerprint density at radius 2 is 2.04 bits per heavy atom. The van der Waals surface area contributed by atoms with Crippen molar-refractivity contribution in [3.63, 3.8) is 0 Å². The first-order chi connectivity index (χ1) is 12.4. The van der Waals surface area contributed by atoms with Gasteiger partial charge in [0.2, 0.25) is 0 Å². The second-order valence-corrected chi connectivity index (χ2v) is 5.75. The molecule has 3 aromatic rings. The minimum Gasteiger partial charge on any atom is -0.456 e. The molecule has 8 nitrogen and oxygen atoms in total. The van der Waals surface area contributed by atoms with E-state index >= 15 is 0 Å². The van der Waals surface area contributed by atoms with E-state index in [9.17, 15) is 19.7 Å². The van der Waals surface area contributed by atoms with Gasteiger partial charge in [0.05, 0.1) is 16.2 Å². The first kappa shape index (κ1) is 17.3. The zero-order chi connectivity index (χ0) is 18.8. The molecule has 26 heavy (non-hydrogen) atoms. The number of hydrogen-bond donors (Lipinski definition) is 0. The number of benzene rings is 1. The van der Waals surface area contributed by atoms with E-state index in [1.165, 1.54) is 35.6 Å². The number of nitrogens with zero attached hydrogens (tertiary/aromatic N) is 3. The number of carbonyl (C=O) groups excluding carboxylic acids is 1. The van der Waals surface area contributed by atoms with Crippen molar-refractivity contribution in [2.45, 2.75) is 20.5 Å². The summed E-state index contributed by atoms with van der Waals surface area (Å²) in [5, 5.41) is 11.0. The number of aryl methyl sites for hydroxylation is 1. The highest BCUT2D eigenvalue weighted by molar-refractivity contribution is 5.92. The fraction of sp³-hybridized carbons (Fsp3) is 0.167. The zero-order valence-corrected chi connectivity index (χ0v) is 14.1. The van der Waals surface area contributed by atoms with Crippen molar-refractivity contribution in [2.24, 2.45) is 0 Å². The molecule has 2 heterocycles. The Morgan fingerprint density at radius 3 is 2.77 bits per heavy atom. The van der Waals surface area contributed by atoms with E-state index in [1.54, 1.807) is 12.3 Å². The molecule has 0 bridgehead atoms. The minimum absolute atomic E-state index is 0.105. The molecule has 0 N–H and O–H groups in total. The highest BCUT2D eigenvalue weighted by atomic mass is 16.6. The van der Waals surface area contributed by atoms with Crippen LogP contribution in [0, 0.1) is 24.0 Å². The van der Waals surface area contributed by atoms with Crippen molar-refractivity contribution in [2.75, 3.05) is 0 Å². The van der Waals surface area contributed by atoms with E-state index in [0.717, 1.165) is 5.56 Å². The second kappa shape index (κ2) is 6.75. The lowest BCUT2D eigenvalue weighted by Crippen LogP contribution is -2.17. The molecule has 0 aliphatic carbocycles. The molecule has 132 valence electrons. The Morgan fingerprint density at radius 1 is 1.27 bits per heavy atom. The van der Waals surface area contributed by atoms with Crippen LogP contribution in [0.15, 0.2) is 47.4 Å². The van der Waals surface area contributed by atoms with Crippen LogP contribution in [0.2, 0.25) is 0 Å². The van der Waals surface area contributed by atoms with Crippen molar-refractivity contribution in [3.05, 3.63) is 85.4 Å². The molecule has 0 amide bonds. The van der Waals surface area contributed by atoms with Crippen molar-refractivity contribution in [3.8, 4) is 0 Å². The molecule has 0 atom stereocenters. The van der Waals surface area contributed by atoms with E-state index in [0.29, 0.717) is 11.3 Å². The van der Waals surface area contributed by atoms with Gasteiger partial charge < -0.3 is 4.74 Å². The topological polar surface area (TPSA) is 104 Å². The fourth-order valence-corrected chi connectivity index (χ4v) is 2.64. The number of carbonyl (C=O) groups is 1. The number of ether oxygens (including phenoxy) is 1. The summed E-state index contributed by atoms with van der Waals surface area (Å²) in [5.41, 5.74) is 1.50. The normalized spacial score (nSPS) is 10.7. The van der Waals surface area contributed by atoms with Gasteiger partial charge in [-0.15, -0.1) is 0 Å². The maximum atomic E-state index is 12.3. The third kappa shape index (κ3) is 3.16. The van der Waals surface area contributed by atoms with Gasteiger partial charge in [-0.25, -0.2) is 9.78 Å². The Bertz CT molecular complexity index is 1090. The van der Waals surface area contributed by atoms with Gasteiger partial charge in [-0.3, -0.25) is 19.3 Å². The summed E-state index contributed by atoms with van der Waals surface area (Å²) < 4.78 is 6.61. The quantitative estimate of drug-likeness (QED) is 0.406. The minimum atomic E-state index is -0.710. The molecule has 0 saturated heterocycles. The number of nitro groups is 1. The summed E-state index contributed by atoms with van der Waals surface area (Å²) in [6.45, 7) is 3.10. The highest BCUT2D eigenvalue weighted by Gasteiger charge is 2.19. The first-order valence-electron chi connectivity index (χ1n) is 7.77. The van der Waals surface area contributed by atoms with Gasteiger partial charge in [0.25, 0.3) is 11.2 Å². The Kier molecular flexibility index (Phi) is 4.49. The van der Waals surface area contributed by atoms with Crippen LogP contribution in [0.4, 0.5) is 5.69 Å². The standard InChI is InChI=1S/C18H15N3O5/c1-11-5-4-8-20-16(22)9-13(19-17(11)20)10-26-18(23)14-6-3-7-15(12(14)2)21(24)25/h3-9H,10H2,1-2H3. The lowest BCUT2D eigenvalue weighted by atomic mass is 10.1. The van der Waals surface area contributed by atoms with Crippen LogP contribution in [0.1, 0.15) is 27.2 Å². The fourth-order valence-electron chi connectivity index (χ4n) is 2.64. The van der Waals surface area contributed by atoms with Gasteiger partial charge in [-0.05, 0) is 31.5 Å². The summed E-state index contributed by atoms with van der Waals surface area (Å²) in [6.07, 6.45) is 1.61. The number of pyridine rings is 1. The summed E-state index contributed by atoms with van der Waals surface area (Å²) in [4.78, 5) is 39.2. The second-order valence-electron chi connectivity index (χ2n) is 5.75. The van der Waals surface area contributed by atoms with Crippen LogP contribution in [-0.2, 0) is 11.3 Å². The van der Waals surface area contributed by atoms with Crippen LogP contribution in [0.25, 0.3) is 5.65 Å². The van der Waals surface area contributed by atoms with Crippen molar-refractivity contribution in [1.29, 1.82) is 0 Å². The molecule has 0 fully saturated rings. The zero-order valence-electron chi connectivity index (χ0n) is 14.1.